The number of aliphatic hydroxyl groups is 1. The van der Waals surface area contributed by atoms with Gasteiger partial charge in [0, 0.05) is 24.0 Å². The maximum atomic E-state index is 8.80. The average Bonchev–Trinajstić information content (AvgIpc) is 2.42. The molecule has 0 aromatic carbocycles. The molecule has 6 nitrogen and oxygen atoms in total. The number of aliphatic hydroxyl groups excluding tert-OH is 1. The Hall–Kier alpha value is -1.70. The van der Waals surface area contributed by atoms with E-state index in [1.165, 1.54) is 0 Å². The first-order chi connectivity index (χ1) is 9.30. The smallest absolute Gasteiger partial charge is 0.140 e. The molecule has 0 unspecified atom stereocenters. The van der Waals surface area contributed by atoms with Crippen molar-refractivity contribution in [2.24, 2.45) is 0 Å². The van der Waals surface area contributed by atoms with E-state index in [9.17, 15) is 0 Å². The van der Waals surface area contributed by atoms with Crippen molar-refractivity contribution < 1.29 is 5.11 Å². The van der Waals surface area contributed by atoms with E-state index in [2.05, 4.69) is 26.5 Å². The molecule has 1 aliphatic heterocycles. The lowest BCUT2D eigenvalue weighted by Crippen LogP contribution is -2.34. The summed E-state index contributed by atoms with van der Waals surface area (Å²) in [6, 6.07) is 1.98. The molecular weight excluding hydrogens is 262 g/mol. The first kappa shape index (κ1) is 13.7. The fourth-order valence-electron chi connectivity index (χ4n) is 1.72. The predicted octanol–water partition coefficient (Wildman–Crippen LogP) is 0.694. The Morgan fingerprint density at radius 3 is 3.11 bits per heavy atom. The Labute approximate surface area is 117 Å². The minimum absolute atomic E-state index is 0.0885. The maximum absolute atomic E-state index is 8.80. The summed E-state index contributed by atoms with van der Waals surface area (Å²) in [4.78, 5) is 4.28. The second-order valence-electron chi connectivity index (χ2n) is 3.96. The second-order valence-corrected chi connectivity index (χ2v) is 4.19. The van der Waals surface area contributed by atoms with Crippen LogP contribution in [0.3, 0.4) is 0 Å². The average molecular weight is 279 g/mol. The summed E-state index contributed by atoms with van der Waals surface area (Å²) in [5.41, 5.74) is 9.67. The fraction of sp³-hybridized carbons (Fsp3) is 0.333. The second kappa shape index (κ2) is 6.46. The number of hydrazine groups is 1. The molecule has 0 saturated carbocycles. The van der Waals surface area contributed by atoms with Crippen LogP contribution in [-0.4, -0.2) is 35.2 Å². The SMILES string of the molecule is CCNNC(C=S)=C1Nc2ncc(NCCO)cc21. The molecule has 0 amide bonds. The lowest BCUT2D eigenvalue weighted by molar-refractivity contribution is 0.311. The number of allylic oxidation sites excluding steroid dienone is 1. The van der Waals surface area contributed by atoms with Gasteiger partial charge in [-0.3, -0.25) is 0 Å². The molecule has 0 fully saturated rings. The number of pyridine rings is 1. The highest BCUT2D eigenvalue weighted by molar-refractivity contribution is 7.79. The summed E-state index contributed by atoms with van der Waals surface area (Å²) in [5, 5.41) is 16.6. The predicted molar refractivity (Wildman–Crippen MR) is 80.8 cm³/mol. The summed E-state index contributed by atoms with van der Waals surface area (Å²) in [5.74, 6) is 0.831. The Bertz CT molecular complexity index is 503. The van der Waals surface area contributed by atoms with Crippen molar-refractivity contribution in [1.82, 2.24) is 15.8 Å². The largest absolute Gasteiger partial charge is 0.395 e. The number of fused-ring (bicyclic) bond motifs is 1. The fourth-order valence-corrected chi connectivity index (χ4v) is 1.90. The lowest BCUT2D eigenvalue weighted by Gasteiger charge is -2.27. The number of rotatable bonds is 7. The number of hydrogen-bond donors (Lipinski definition) is 5. The Kier molecular flexibility index (Phi) is 4.67. The molecule has 2 rings (SSSR count). The van der Waals surface area contributed by atoms with E-state index in [1.807, 2.05) is 13.0 Å². The zero-order chi connectivity index (χ0) is 13.7. The van der Waals surface area contributed by atoms with Crippen LogP contribution in [0.2, 0.25) is 0 Å². The number of aromatic nitrogens is 1. The molecular formula is C12H17N5OS. The number of anilines is 2. The van der Waals surface area contributed by atoms with Gasteiger partial charge in [-0.25, -0.2) is 10.4 Å². The van der Waals surface area contributed by atoms with Crippen LogP contribution >= 0.6 is 12.2 Å². The van der Waals surface area contributed by atoms with Crippen molar-refractivity contribution in [2.75, 3.05) is 30.3 Å². The summed E-state index contributed by atoms with van der Waals surface area (Å²) in [6.45, 7) is 3.39. The van der Waals surface area contributed by atoms with E-state index in [4.69, 9.17) is 17.3 Å². The molecule has 19 heavy (non-hydrogen) atoms. The molecule has 0 saturated heterocycles. The van der Waals surface area contributed by atoms with Gasteiger partial charge in [-0.05, 0) is 6.07 Å². The zero-order valence-corrected chi connectivity index (χ0v) is 11.5. The van der Waals surface area contributed by atoms with E-state index >= 15 is 0 Å². The summed E-state index contributed by atoms with van der Waals surface area (Å²) >= 11 is 5.00. The molecule has 0 radical (unpaired) electrons. The van der Waals surface area contributed by atoms with Gasteiger partial charge < -0.3 is 21.2 Å². The highest BCUT2D eigenvalue weighted by Crippen LogP contribution is 2.35. The normalized spacial score (nSPS) is 14.8. The van der Waals surface area contributed by atoms with Gasteiger partial charge in [-0.2, -0.15) is 0 Å². The number of thiocarbonyl (C=S) groups is 1. The van der Waals surface area contributed by atoms with E-state index in [0.29, 0.717) is 6.54 Å². The van der Waals surface area contributed by atoms with Crippen molar-refractivity contribution in [3.63, 3.8) is 0 Å². The Morgan fingerprint density at radius 1 is 1.58 bits per heavy atom. The van der Waals surface area contributed by atoms with Crippen molar-refractivity contribution >= 4 is 34.8 Å². The van der Waals surface area contributed by atoms with Crippen LogP contribution in [0.25, 0.3) is 5.70 Å². The molecule has 0 aliphatic carbocycles. The Balaban J connectivity index is 2.19. The van der Waals surface area contributed by atoms with Crippen molar-refractivity contribution in [3.05, 3.63) is 23.5 Å². The molecule has 1 aliphatic rings. The van der Waals surface area contributed by atoms with Gasteiger partial charge in [-0.15, -0.1) is 0 Å². The zero-order valence-electron chi connectivity index (χ0n) is 10.7. The van der Waals surface area contributed by atoms with E-state index in [1.54, 1.807) is 11.6 Å². The lowest BCUT2D eigenvalue weighted by atomic mass is 10.0. The monoisotopic (exact) mass is 279 g/mol. The maximum Gasteiger partial charge on any atom is 0.140 e. The topological polar surface area (TPSA) is 81.2 Å². The summed E-state index contributed by atoms with van der Waals surface area (Å²) < 4.78 is 0. The highest BCUT2D eigenvalue weighted by Gasteiger charge is 2.23. The van der Waals surface area contributed by atoms with Crippen LogP contribution in [0, 0.1) is 0 Å². The van der Waals surface area contributed by atoms with Crippen molar-refractivity contribution in [3.8, 4) is 0 Å². The van der Waals surface area contributed by atoms with Gasteiger partial charge in [0.15, 0.2) is 0 Å². The van der Waals surface area contributed by atoms with Crippen LogP contribution in [0.4, 0.5) is 11.5 Å². The number of hydrogen-bond acceptors (Lipinski definition) is 7. The highest BCUT2D eigenvalue weighted by atomic mass is 32.1. The van der Waals surface area contributed by atoms with Crippen LogP contribution < -0.4 is 21.5 Å². The van der Waals surface area contributed by atoms with Gasteiger partial charge in [0.2, 0.25) is 0 Å². The molecule has 102 valence electrons. The molecule has 0 bridgehead atoms. The number of nitrogens with zero attached hydrogens (tertiary/aromatic N) is 1. The third-order valence-electron chi connectivity index (χ3n) is 2.63. The minimum atomic E-state index is 0.0885. The van der Waals surface area contributed by atoms with Gasteiger partial charge in [0.05, 0.1) is 29.9 Å². The third-order valence-corrected chi connectivity index (χ3v) is 2.86. The molecule has 1 aromatic heterocycles. The molecule has 0 atom stereocenters. The van der Waals surface area contributed by atoms with Gasteiger partial charge in [0.1, 0.15) is 5.82 Å². The minimum Gasteiger partial charge on any atom is -0.395 e. The first-order valence-electron chi connectivity index (χ1n) is 6.10. The summed E-state index contributed by atoms with van der Waals surface area (Å²) in [6.07, 6.45) is 1.73. The van der Waals surface area contributed by atoms with Crippen LogP contribution in [0.15, 0.2) is 18.0 Å². The number of nitrogens with one attached hydrogen (secondary N) is 4. The standard InChI is InChI=1S/C12H17N5OS/c1-2-15-17-10(7-19)11-9-5-8(13-3-4-18)6-14-12(9)16-11/h5-7,13,15,17-18H,2-4H2,1H3,(H,14,16). The summed E-state index contributed by atoms with van der Waals surface area (Å²) in [7, 11) is 0. The third kappa shape index (κ3) is 3.01. The van der Waals surface area contributed by atoms with Crippen molar-refractivity contribution in [2.45, 2.75) is 6.92 Å². The molecule has 1 aromatic rings. The molecule has 7 heteroatoms. The van der Waals surface area contributed by atoms with Crippen molar-refractivity contribution in [1.29, 1.82) is 0 Å². The van der Waals surface area contributed by atoms with E-state index in [0.717, 1.165) is 35.0 Å². The molecule has 0 spiro atoms. The van der Waals surface area contributed by atoms with Crippen LogP contribution in [0.1, 0.15) is 12.5 Å². The van der Waals surface area contributed by atoms with E-state index in [-0.39, 0.29) is 6.61 Å². The van der Waals surface area contributed by atoms with Gasteiger partial charge >= 0.3 is 0 Å². The molecule has 5 N–H and O–H groups in total. The van der Waals surface area contributed by atoms with Gasteiger partial charge in [-0.1, -0.05) is 19.1 Å². The Morgan fingerprint density at radius 2 is 2.42 bits per heavy atom. The molecule has 2 heterocycles. The van der Waals surface area contributed by atoms with Crippen LogP contribution in [0.5, 0.6) is 0 Å². The van der Waals surface area contributed by atoms with Crippen LogP contribution in [-0.2, 0) is 0 Å². The quantitative estimate of drug-likeness (QED) is 0.285. The van der Waals surface area contributed by atoms with Gasteiger partial charge in [0.25, 0.3) is 0 Å². The first-order valence-corrected chi connectivity index (χ1v) is 6.57. The van der Waals surface area contributed by atoms with E-state index < -0.39 is 0 Å².